The minimum absolute atomic E-state index is 0.0421. The van der Waals surface area contributed by atoms with E-state index < -0.39 is 47.9 Å². The van der Waals surface area contributed by atoms with Crippen LogP contribution in [0.2, 0.25) is 0 Å². The molecule has 1 aliphatic heterocycles. The zero-order valence-corrected chi connectivity index (χ0v) is 22.1. The number of aliphatic carboxylic acids is 1. The molecule has 1 aromatic rings. The van der Waals surface area contributed by atoms with Crippen molar-refractivity contribution in [1.29, 1.82) is 0 Å². The Morgan fingerprint density at radius 1 is 1.16 bits per heavy atom. The molecular weight excluding hydrogens is 490 g/mol. The number of nitrogens with zero attached hydrogens (tertiary/aromatic N) is 2. The van der Waals surface area contributed by atoms with Gasteiger partial charge >= 0.3 is 5.97 Å². The first-order valence-electron chi connectivity index (χ1n) is 13.0. The number of carboxylic acid groups (broad SMARTS) is 1. The topological polar surface area (TPSA) is 206 Å². The van der Waals surface area contributed by atoms with Crippen LogP contribution in [-0.4, -0.2) is 76.9 Å². The number of carboxylic acids is 1. The van der Waals surface area contributed by atoms with Gasteiger partial charge in [-0.05, 0) is 37.2 Å². The molecule has 0 spiro atoms. The van der Waals surface area contributed by atoms with Crippen molar-refractivity contribution in [1.82, 2.24) is 15.5 Å². The van der Waals surface area contributed by atoms with Gasteiger partial charge in [0.2, 0.25) is 17.7 Å². The molecular formula is C26H41N7O5. The number of likely N-dealkylation sites (tertiary alicyclic amines) is 1. The van der Waals surface area contributed by atoms with Crippen LogP contribution in [0.4, 0.5) is 0 Å². The number of amides is 3. The molecule has 0 saturated carbocycles. The third kappa shape index (κ3) is 9.02. The minimum Gasteiger partial charge on any atom is -0.480 e. The van der Waals surface area contributed by atoms with Gasteiger partial charge in [-0.3, -0.25) is 19.4 Å². The van der Waals surface area contributed by atoms with E-state index in [9.17, 15) is 24.3 Å². The van der Waals surface area contributed by atoms with Gasteiger partial charge in [-0.25, -0.2) is 4.79 Å². The van der Waals surface area contributed by atoms with Crippen LogP contribution in [0.1, 0.15) is 51.5 Å². The molecule has 38 heavy (non-hydrogen) atoms. The SMILES string of the molecule is CCC(C)C(NC(=O)C1CCCN1C(=O)C(Cc1ccccc1)NC(=O)C(N)CCCN=C(N)N)C(=O)O. The van der Waals surface area contributed by atoms with Gasteiger partial charge in [-0.2, -0.15) is 0 Å². The van der Waals surface area contributed by atoms with Crippen LogP contribution in [0.3, 0.4) is 0 Å². The first-order chi connectivity index (χ1) is 18.0. The van der Waals surface area contributed by atoms with E-state index in [4.69, 9.17) is 17.2 Å². The molecule has 1 heterocycles. The Hall–Kier alpha value is -3.67. The van der Waals surface area contributed by atoms with Gasteiger partial charge < -0.3 is 37.8 Å². The Kier molecular flexibility index (Phi) is 12.0. The van der Waals surface area contributed by atoms with E-state index in [1.54, 1.807) is 6.92 Å². The van der Waals surface area contributed by atoms with Gasteiger partial charge in [0.15, 0.2) is 5.96 Å². The molecule has 0 radical (unpaired) electrons. The highest BCUT2D eigenvalue weighted by Gasteiger charge is 2.39. The number of hydrogen-bond acceptors (Lipinski definition) is 6. The molecule has 3 amide bonds. The number of guanidine groups is 1. The Morgan fingerprint density at radius 3 is 2.45 bits per heavy atom. The molecule has 0 bridgehead atoms. The van der Waals surface area contributed by atoms with Gasteiger partial charge in [-0.1, -0.05) is 50.6 Å². The smallest absolute Gasteiger partial charge is 0.326 e. The Bertz CT molecular complexity index is 983. The van der Waals surface area contributed by atoms with E-state index in [0.717, 1.165) is 5.56 Å². The second-order valence-electron chi connectivity index (χ2n) is 9.71. The molecule has 5 atom stereocenters. The second-order valence-corrected chi connectivity index (χ2v) is 9.71. The third-order valence-corrected chi connectivity index (χ3v) is 6.82. The minimum atomic E-state index is -1.12. The average molecular weight is 532 g/mol. The maximum absolute atomic E-state index is 13.7. The second kappa shape index (κ2) is 14.9. The van der Waals surface area contributed by atoms with Gasteiger partial charge in [0.05, 0.1) is 6.04 Å². The molecule has 2 rings (SSSR count). The van der Waals surface area contributed by atoms with Crippen LogP contribution in [0.15, 0.2) is 35.3 Å². The fourth-order valence-corrected chi connectivity index (χ4v) is 4.41. The molecule has 1 saturated heterocycles. The number of carbonyl (C=O) groups is 4. The zero-order chi connectivity index (χ0) is 28.2. The highest BCUT2D eigenvalue weighted by Crippen LogP contribution is 2.21. The van der Waals surface area contributed by atoms with Crippen molar-refractivity contribution in [3.63, 3.8) is 0 Å². The molecule has 0 aromatic heterocycles. The number of aliphatic imine (C=N–C) groups is 1. The Morgan fingerprint density at radius 2 is 1.84 bits per heavy atom. The van der Waals surface area contributed by atoms with Crippen LogP contribution < -0.4 is 27.8 Å². The zero-order valence-electron chi connectivity index (χ0n) is 22.1. The number of rotatable bonds is 14. The molecule has 12 heteroatoms. The lowest BCUT2D eigenvalue weighted by molar-refractivity contribution is -0.146. The van der Waals surface area contributed by atoms with Crippen molar-refractivity contribution in [2.75, 3.05) is 13.1 Å². The van der Waals surface area contributed by atoms with E-state index >= 15 is 0 Å². The summed E-state index contributed by atoms with van der Waals surface area (Å²) in [5.41, 5.74) is 17.5. The summed E-state index contributed by atoms with van der Waals surface area (Å²) in [5, 5.41) is 15.0. The largest absolute Gasteiger partial charge is 0.480 e. The number of carbonyl (C=O) groups excluding carboxylic acids is 3. The van der Waals surface area contributed by atoms with Crippen LogP contribution in [0.25, 0.3) is 0 Å². The van der Waals surface area contributed by atoms with Crippen molar-refractivity contribution in [3.8, 4) is 0 Å². The lowest BCUT2D eigenvalue weighted by Crippen LogP contribution is -2.57. The normalized spacial score (nSPS) is 18.1. The van der Waals surface area contributed by atoms with Gasteiger partial charge in [0, 0.05) is 19.5 Å². The summed E-state index contributed by atoms with van der Waals surface area (Å²) in [4.78, 5) is 56.7. The lowest BCUT2D eigenvalue weighted by atomic mass is 9.98. The maximum atomic E-state index is 13.7. The van der Waals surface area contributed by atoms with Crippen LogP contribution in [-0.2, 0) is 25.6 Å². The summed E-state index contributed by atoms with van der Waals surface area (Å²) in [6.07, 6.45) is 2.57. The summed E-state index contributed by atoms with van der Waals surface area (Å²) in [5.74, 6) is -2.86. The van der Waals surface area contributed by atoms with Crippen LogP contribution in [0, 0.1) is 5.92 Å². The predicted octanol–water partition coefficient (Wildman–Crippen LogP) is -0.299. The summed E-state index contributed by atoms with van der Waals surface area (Å²) >= 11 is 0. The Balaban J connectivity index is 2.16. The molecule has 0 aliphatic carbocycles. The molecule has 1 aromatic carbocycles. The number of benzene rings is 1. The standard InChI is InChI=1S/C26H41N7O5/c1-3-16(2)21(25(37)38)32-23(35)20-12-8-14-33(20)24(36)19(15-17-9-5-4-6-10-17)31-22(34)18(27)11-7-13-30-26(28)29/h4-6,9-10,16,18-21H,3,7-8,11-15,27H2,1-2H3,(H,31,34)(H,32,35)(H,37,38)(H4,28,29,30). The van der Waals surface area contributed by atoms with E-state index in [1.165, 1.54) is 4.90 Å². The number of nitrogens with two attached hydrogens (primary N) is 3. The monoisotopic (exact) mass is 531 g/mol. The highest BCUT2D eigenvalue weighted by atomic mass is 16.4. The summed E-state index contributed by atoms with van der Waals surface area (Å²) < 4.78 is 0. The molecule has 5 unspecified atom stereocenters. The predicted molar refractivity (Wildman–Crippen MR) is 144 cm³/mol. The van der Waals surface area contributed by atoms with Crippen LogP contribution >= 0.6 is 0 Å². The first kappa shape index (κ1) is 30.6. The van der Waals surface area contributed by atoms with Gasteiger partial charge in [-0.15, -0.1) is 0 Å². The lowest BCUT2D eigenvalue weighted by Gasteiger charge is -2.30. The maximum Gasteiger partial charge on any atom is 0.326 e. The fraction of sp³-hybridized carbons (Fsp3) is 0.577. The van der Waals surface area contributed by atoms with E-state index in [-0.39, 0.29) is 18.3 Å². The van der Waals surface area contributed by atoms with E-state index in [1.807, 2.05) is 37.3 Å². The van der Waals surface area contributed by atoms with E-state index in [2.05, 4.69) is 15.6 Å². The van der Waals surface area contributed by atoms with Gasteiger partial charge in [0.1, 0.15) is 18.1 Å². The molecule has 9 N–H and O–H groups in total. The quantitative estimate of drug-likeness (QED) is 0.106. The molecule has 1 aliphatic rings. The van der Waals surface area contributed by atoms with Crippen molar-refractivity contribution >= 4 is 29.7 Å². The number of hydrogen-bond donors (Lipinski definition) is 6. The Labute approximate surface area is 223 Å². The van der Waals surface area contributed by atoms with E-state index in [0.29, 0.717) is 45.2 Å². The van der Waals surface area contributed by atoms with Crippen molar-refractivity contribution in [2.24, 2.45) is 28.1 Å². The average Bonchev–Trinajstić information content (AvgIpc) is 3.38. The van der Waals surface area contributed by atoms with Crippen LogP contribution in [0.5, 0.6) is 0 Å². The van der Waals surface area contributed by atoms with Crippen molar-refractivity contribution in [2.45, 2.75) is 76.5 Å². The summed E-state index contributed by atoms with van der Waals surface area (Å²) in [7, 11) is 0. The molecule has 12 nitrogen and oxygen atoms in total. The molecule has 1 fully saturated rings. The summed E-state index contributed by atoms with van der Waals surface area (Å²) in [6.45, 7) is 4.25. The van der Waals surface area contributed by atoms with Crippen molar-refractivity contribution in [3.05, 3.63) is 35.9 Å². The highest BCUT2D eigenvalue weighted by molar-refractivity contribution is 5.94. The first-order valence-corrected chi connectivity index (χ1v) is 13.0. The van der Waals surface area contributed by atoms with Crippen molar-refractivity contribution < 1.29 is 24.3 Å². The van der Waals surface area contributed by atoms with Gasteiger partial charge in [0.25, 0.3) is 0 Å². The summed E-state index contributed by atoms with van der Waals surface area (Å²) in [6, 6.07) is 5.51. The number of nitrogens with one attached hydrogen (secondary N) is 2. The third-order valence-electron chi connectivity index (χ3n) is 6.82. The molecule has 210 valence electrons. The fourth-order valence-electron chi connectivity index (χ4n) is 4.41.